The van der Waals surface area contributed by atoms with Gasteiger partial charge in [0.1, 0.15) is 5.75 Å². The quantitative estimate of drug-likeness (QED) is 0.726. The van der Waals surface area contributed by atoms with E-state index in [1.165, 1.54) is 0 Å². The summed E-state index contributed by atoms with van der Waals surface area (Å²) in [5.74, 6) is 0.773. The van der Waals surface area contributed by atoms with Gasteiger partial charge in [0, 0.05) is 17.8 Å². The summed E-state index contributed by atoms with van der Waals surface area (Å²) in [6.07, 6.45) is 2.08. The highest BCUT2D eigenvalue weighted by molar-refractivity contribution is 5.61. The van der Waals surface area contributed by atoms with Crippen LogP contribution in [-0.4, -0.2) is 12.6 Å². The van der Waals surface area contributed by atoms with Gasteiger partial charge in [-0.3, -0.25) is 0 Å². The second-order valence-electron chi connectivity index (χ2n) is 4.05. The van der Waals surface area contributed by atoms with Gasteiger partial charge in [-0.05, 0) is 31.9 Å². The van der Waals surface area contributed by atoms with Crippen LogP contribution in [0.25, 0.3) is 0 Å². The number of nitrogens with one attached hydrogen (secondary N) is 1. The maximum absolute atomic E-state index is 5.84. The van der Waals surface area contributed by atoms with Crippen molar-refractivity contribution in [2.45, 2.75) is 39.7 Å². The molecule has 0 aliphatic rings. The summed E-state index contributed by atoms with van der Waals surface area (Å²) in [6.45, 7) is 7.10. The molecule has 0 saturated carbocycles. The van der Waals surface area contributed by atoms with Crippen LogP contribution in [0.15, 0.2) is 18.2 Å². The molecule has 3 N–H and O–H groups in total. The van der Waals surface area contributed by atoms with Crippen LogP contribution < -0.4 is 15.8 Å². The summed E-state index contributed by atoms with van der Waals surface area (Å²) in [7, 11) is 0. The van der Waals surface area contributed by atoms with Crippen molar-refractivity contribution in [3.63, 3.8) is 0 Å². The van der Waals surface area contributed by atoms with E-state index in [2.05, 4.69) is 26.1 Å². The lowest BCUT2D eigenvalue weighted by molar-refractivity contribution is 0.319. The highest BCUT2D eigenvalue weighted by atomic mass is 16.5. The minimum atomic E-state index is 0.461. The topological polar surface area (TPSA) is 47.3 Å². The number of hydrogen-bond donors (Lipinski definition) is 2. The Balaban J connectivity index is 2.72. The third kappa shape index (κ3) is 3.65. The van der Waals surface area contributed by atoms with Gasteiger partial charge in [-0.25, -0.2) is 0 Å². The first kappa shape index (κ1) is 12.7. The van der Waals surface area contributed by atoms with Gasteiger partial charge < -0.3 is 15.8 Å². The van der Waals surface area contributed by atoms with Crippen molar-refractivity contribution in [2.24, 2.45) is 0 Å². The van der Waals surface area contributed by atoms with Gasteiger partial charge in [0.2, 0.25) is 0 Å². The molecule has 0 saturated heterocycles. The van der Waals surface area contributed by atoms with Crippen molar-refractivity contribution in [1.29, 1.82) is 0 Å². The van der Waals surface area contributed by atoms with Crippen molar-refractivity contribution in [2.75, 3.05) is 17.7 Å². The zero-order valence-corrected chi connectivity index (χ0v) is 10.4. The number of benzene rings is 1. The predicted molar refractivity (Wildman–Crippen MR) is 70.0 cm³/mol. The molecule has 0 amide bonds. The highest BCUT2D eigenvalue weighted by Crippen LogP contribution is 2.26. The fourth-order valence-electron chi connectivity index (χ4n) is 1.35. The summed E-state index contributed by atoms with van der Waals surface area (Å²) in [4.78, 5) is 0. The molecule has 1 atom stereocenters. The van der Waals surface area contributed by atoms with Crippen molar-refractivity contribution in [1.82, 2.24) is 0 Å². The van der Waals surface area contributed by atoms with Crippen LogP contribution in [0.2, 0.25) is 0 Å². The number of hydrogen-bond acceptors (Lipinski definition) is 3. The Morgan fingerprint density at radius 2 is 2.12 bits per heavy atom. The normalized spacial score (nSPS) is 12.2. The summed E-state index contributed by atoms with van der Waals surface area (Å²) >= 11 is 0. The SMILES string of the molecule is CCCOc1cc(NC(C)CC)ccc1N. The predicted octanol–water partition coefficient (Wildman–Crippen LogP) is 3.27. The lowest BCUT2D eigenvalue weighted by atomic mass is 10.2. The first-order valence-corrected chi connectivity index (χ1v) is 5.96. The van der Waals surface area contributed by atoms with Gasteiger partial charge in [0.15, 0.2) is 0 Å². The van der Waals surface area contributed by atoms with E-state index >= 15 is 0 Å². The Morgan fingerprint density at radius 3 is 2.75 bits per heavy atom. The van der Waals surface area contributed by atoms with Crippen LogP contribution >= 0.6 is 0 Å². The van der Waals surface area contributed by atoms with Crippen LogP contribution in [0.5, 0.6) is 5.75 Å². The van der Waals surface area contributed by atoms with Gasteiger partial charge in [-0.1, -0.05) is 13.8 Å². The Kier molecular flexibility index (Phi) is 4.96. The van der Waals surface area contributed by atoms with Gasteiger partial charge in [-0.15, -0.1) is 0 Å². The lowest BCUT2D eigenvalue weighted by Crippen LogP contribution is -2.13. The van der Waals surface area contributed by atoms with E-state index in [-0.39, 0.29) is 0 Å². The Hall–Kier alpha value is -1.38. The molecular weight excluding hydrogens is 200 g/mol. The van der Waals surface area contributed by atoms with E-state index in [1.807, 2.05) is 18.2 Å². The summed E-state index contributed by atoms with van der Waals surface area (Å²) < 4.78 is 5.58. The fraction of sp³-hybridized carbons (Fsp3) is 0.538. The summed E-state index contributed by atoms with van der Waals surface area (Å²) in [6, 6.07) is 6.30. The Bertz CT molecular complexity index is 326. The highest BCUT2D eigenvalue weighted by Gasteiger charge is 2.04. The van der Waals surface area contributed by atoms with Gasteiger partial charge in [0.25, 0.3) is 0 Å². The van der Waals surface area contributed by atoms with Crippen molar-refractivity contribution < 1.29 is 4.74 Å². The number of ether oxygens (including phenoxy) is 1. The number of nitrogens with two attached hydrogens (primary N) is 1. The largest absolute Gasteiger partial charge is 0.491 e. The zero-order chi connectivity index (χ0) is 12.0. The third-order valence-electron chi connectivity index (χ3n) is 2.50. The molecule has 1 aromatic rings. The molecule has 1 rings (SSSR count). The average molecular weight is 222 g/mol. The third-order valence-corrected chi connectivity index (χ3v) is 2.50. The van der Waals surface area contributed by atoms with Crippen molar-refractivity contribution >= 4 is 11.4 Å². The fourth-order valence-corrected chi connectivity index (χ4v) is 1.35. The summed E-state index contributed by atoms with van der Waals surface area (Å²) in [5, 5.41) is 3.40. The molecule has 0 aromatic heterocycles. The van der Waals surface area contributed by atoms with E-state index in [1.54, 1.807) is 0 Å². The second-order valence-corrected chi connectivity index (χ2v) is 4.05. The second kappa shape index (κ2) is 6.26. The lowest BCUT2D eigenvalue weighted by Gasteiger charge is -2.15. The molecule has 0 heterocycles. The van der Waals surface area contributed by atoms with Crippen LogP contribution in [0.1, 0.15) is 33.6 Å². The molecule has 0 aliphatic heterocycles. The minimum absolute atomic E-state index is 0.461. The molecule has 0 aliphatic carbocycles. The first-order chi connectivity index (χ1) is 7.67. The van der Waals surface area contributed by atoms with Gasteiger partial charge >= 0.3 is 0 Å². The summed E-state index contributed by atoms with van der Waals surface area (Å²) in [5.41, 5.74) is 7.60. The maximum atomic E-state index is 5.84. The van der Waals surface area contributed by atoms with Gasteiger partial charge in [0.05, 0.1) is 12.3 Å². The van der Waals surface area contributed by atoms with E-state index < -0.39 is 0 Å². The maximum Gasteiger partial charge on any atom is 0.144 e. The van der Waals surface area contributed by atoms with E-state index in [0.717, 1.165) is 24.3 Å². The molecule has 0 spiro atoms. The molecule has 0 radical (unpaired) electrons. The molecule has 1 aromatic carbocycles. The van der Waals surface area contributed by atoms with Gasteiger partial charge in [-0.2, -0.15) is 0 Å². The molecule has 16 heavy (non-hydrogen) atoms. The molecule has 0 fully saturated rings. The number of anilines is 2. The Morgan fingerprint density at radius 1 is 1.38 bits per heavy atom. The van der Waals surface area contributed by atoms with Crippen LogP contribution in [0, 0.1) is 0 Å². The van der Waals surface area contributed by atoms with E-state index in [0.29, 0.717) is 18.3 Å². The molecule has 1 unspecified atom stereocenters. The van der Waals surface area contributed by atoms with Crippen molar-refractivity contribution in [3.05, 3.63) is 18.2 Å². The standard InChI is InChI=1S/C13H22N2O/c1-4-8-16-13-9-11(6-7-12(13)14)15-10(3)5-2/h6-7,9-10,15H,4-5,8,14H2,1-3H3. The van der Waals surface area contributed by atoms with Crippen LogP contribution in [0.3, 0.4) is 0 Å². The minimum Gasteiger partial charge on any atom is -0.491 e. The average Bonchev–Trinajstić information content (AvgIpc) is 2.29. The molecule has 0 bridgehead atoms. The smallest absolute Gasteiger partial charge is 0.144 e. The molecule has 90 valence electrons. The first-order valence-electron chi connectivity index (χ1n) is 5.96. The van der Waals surface area contributed by atoms with Crippen LogP contribution in [0.4, 0.5) is 11.4 Å². The molecule has 3 heteroatoms. The van der Waals surface area contributed by atoms with Crippen LogP contribution in [-0.2, 0) is 0 Å². The monoisotopic (exact) mass is 222 g/mol. The van der Waals surface area contributed by atoms with Crippen molar-refractivity contribution in [3.8, 4) is 5.75 Å². The van der Waals surface area contributed by atoms with E-state index in [9.17, 15) is 0 Å². The zero-order valence-electron chi connectivity index (χ0n) is 10.4. The molecular formula is C13H22N2O. The van der Waals surface area contributed by atoms with E-state index in [4.69, 9.17) is 10.5 Å². The molecule has 3 nitrogen and oxygen atoms in total. The number of nitrogen functional groups attached to an aromatic ring is 1. The number of rotatable bonds is 6. The Labute approximate surface area is 98.0 Å².